The smallest absolute Gasteiger partial charge is 0.257 e. The monoisotopic (exact) mass is 377 g/mol. The van der Waals surface area contributed by atoms with Gasteiger partial charge in [0.2, 0.25) is 5.95 Å². The number of pyridine rings is 1. The molecule has 5 rings (SSSR count). The van der Waals surface area contributed by atoms with Crippen molar-refractivity contribution in [3.05, 3.63) is 63.7 Å². The highest BCUT2D eigenvalue weighted by Gasteiger charge is 2.23. The number of rotatable bonds is 3. The molecule has 0 unspecified atom stereocenters. The maximum Gasteiger partial charge on any atom is 0.257 e. The fraction of sp³-hybridized carbons (Fsp3) is 0.381. The third kappa shape index (κ3) is 3.27. The van der Waals surface area contributed by atoms with Crippen molar-refractivity contribution in [3.8, 4) is 0 Å². The molecule has 7 nitrogen and oxygen atoms in total. The van der Waals surface area contributed by atoms with E-state index in [0.717, 1.165) is 54.8 Å². The van der Waals surface area contributed by atoms with Gasteiger partial charge in [-0.05, 0) is 11.6 Å². The standard InChI is InChI=1S/C21H23N5O2/c27-20-17-14-25(13-16-4-1-3-15-5-2-7-22-19(15)16)8-6-18(17)23-21(24-20)26-9-11-28-12-10-26/h1-5,7H,6,8-14H2,(H,23,24,27). The largest absolute Gasteiger partial charge is 0.378 e. The predicted molar refractivity (Wildman–Crippen MR) is 107 cm³/mol. The molecule has 2 aliphatic heterocycles. The number of hydrogen-bond acceptors (Lipinski definition) is 6. The highest BCUT2D eigenvalue weighted by atomic mass is 16.5. The number of nitrogens with one attached hydrogen (secondary N) is 1. The van der Waals surface area contributed by atoms with E-state index in [1.165, 1.54) is 5.56 Å². The summed E-state index contributed by atoms with van der Waals surface area (Å²) in [6.45, 7) is 5.16. The van der Waals surface area contributed by atoms with Crippen molar-refractivity contribution >= 4 is 16.9 Å². The number of aromatic amines is 1. The third-order valence-corrected chi connectivity index (χ3v) is 5.56. The molecule has 2 aliphatic rings. The Bertz CT molecular complexity index is 1050. The van der Waals surface area contributed by atoms with Crippen LogP contribution in [0.3, 0.4) is 0 Å². The van der Waals surface area contributed by atoms with Crippen LogP contribution >= 0.6 is 0 Å². The zero-order chi connectivity index (χ0) is 18.9. The minimum Gasteiger partial charge on any atom is -0.378 e. The number of para-hydroxylation sites is 1. The average molecular weight is 377 g/mol. The summed E-state index contributed by atoms with van der Waals surface area (Å²) in [7, 11) is 0. The third-order valence-electron chi connectivity index (χ3n) is 5.56. The lowest BCUT2D eigenvalue weighted by Gasteiger charge is -2.30. The zero-order valence-corrected chi connectivity index (χ0v) is 15.7. The van der Waals surface area contributed by atoms with Gasteiger partial charge in [-0.1, -0.05) is 24.3 Å². The summed E-state index contributed by atoms with van der Waals surface area (Å²) in [4.78, 5) is 29.4. The number of aromatic nitrogens is 3. The molecule has 0 amide bonds. The second kappa shape index (κ2) is 7.33. The molecule has 0 atom stereocenters. The van der Waals surface area contributed by atoms with Crippen LogP contribution in [0.2, 0.25) is 0 Å². The topological polar surface area (TPSA) is 74.3 Å². The number of benzene rings is 1. The van der Waals surface area contributed by atoms with Gasteiger partial charge in [0.25, 0.3) is 5.56 Å². The van der Waals surface area contributed by atoms with Crippen LogP contribution in [0.5, 0.6) is 0 Å². The van der Waals surface area contributed by atoms with E-state index in [9.17, 15) is 4.79 Å². The first-order chi connectivity index (χ1) is 13.8. The molecule has 0 spiro atoms. The summed E-state index contributed by atoms with van der Waals surface area (Å²) in [6.07, 6.45) is 2.62. The number of ether oxygens (including phenoxy) is 1. The Labute approximate surface area is 163 Å². The summed E-state index contributed by atoms with van der Waals surface area (Å²) in [5.41, 5.74) is 3.92. The van der Waals surface area contributed by atoms with E-state index in [2.05, 4.69) is 44.0 Å². The molecule has 0 bridgehead atoms. The Kier molecular flexibility index (Phi) is 4.54. The highest BCUT2D eigenvalue weighted by Crippen LogP contribution is 2.22. The number of morpholine rings is 1. The first-order valence-corrected chi connectivity index (χ1v) is 9.78. The first-order valence-electron chi connectivity index (χ1n) is 9.78. The van der Waals surface area contributed by atoms with Gasteiger partial charge >= 0.3 is 0 Å². The van der Waals surface area contributed by atoms with Gasteiger partial charge < -0.3 is 9.64 Å². The van der Waals surface area contributed by atoms with Gasteiger partial charge in [-0.15, -0.1) is 0 Å². The molecule has 2 aromatic heterocycles. The van der Waals surface area contributed by atoms with Crippen LogP contribution in [-0.2, 0) is 24.2 Å². The summed E-state index contributed by atoms with van der Waals surface area (Å²) >= 11 is 0. The summed E-state index contributed by atoms with van der Waals surface area (Å²) in [6, 6.07) is 10.3. The molecule has 4 heterocycles. The second-order valence-electron chi connectivity index (χ2n) is 7.37. The van der Waals surface area contributed by atoms with Crippen LogP contribution in [0.1, 0.15) is 16.8 Å². The first kappa shape index (κ1) is 17.3. The molecule has 7 heteroatoms. The molecular formula is C21H23N5O2. The minimum atomic E-state index is -0.0211. The molecule has 0 saturated carbocycles. The van der Waals surface area contributed by atoms with Crippen molar-refractivity contribution < 1.29 is 4.74 Å². The van der Waals surface area contributed by atoms with E-state index in [4.69, 9.17) is 9.72 Å². The Balaban J connectivity index is 1.38. The van der Waals surface area contributed by atoms with E-state index in [-0.39, 0.29) is 5.56 Å². The summed E-state index contributed by atoms with van der Waals surface area (Å²) in [5, 5.41) is 1.15. The lowest BCUT2D eigenvalue weighted by Crippen LogP contribution is -2.40. The Morgan fingerprint density at radius 3 is 2.86 bits per heavy atom. The Morgan fingerprint density at radius 2 is 1.96 bits per heavy atom. The quantitative estimate of drug-likeness (QED) is 0.749. The number of nitrogens with zero attached hydrogens (tertiary/aromatic N) is 4. The molecular weight excluding hydrogens is 354 g/mol. The van der Waals surface area contributed by atoms with Crippen molar-refractivity contribution in [2.24, 2.45) is 0 Å². The lowest BCUT2D eigenvalue weighted by molar-refractivity contribution is 0.122. The van der Waals surface area contributed by atoms with Gasteiger partial charge in [0.05, 0.1) is 30.0 Å². The molecule has 28 heavy (non-hydrogen) atoms. The van der Waals surface area contributed by atoms with Crippen molar-refractivity contribution in [2.75, 3.05) is 37.7 Å². The Morgan fingerprint density at radius 1 is 1.11 bits per heavy atom. The van der Waals surface area contributed by atoms with Gasteiger partial charge in [-0.2, -0.15) is 0 Å². The van der Waals surface area contributed by atoms with Gasteiger partial charge in [0.1, 0.15) is 0 Å². The maximum absolute atomic E-state index is 12.7. The number of fused-ring (bicyclic) bond motifs is 2. The predicted octanol–water partition coefficient (Wildman–Crippen LogP) is 1.71. The van der Waals surface area contributed by atoms with Crippen LogP contribution in [0, 0.1) is 0 Å². The van der Waals surface area contributed by atoms with Crippen molar-refractivity contribution in [1.29, 1.82) is 0 Å². The molecule has 0 aliphatic carbocycles. The Hall–Kier alpha value is -2.77. The van der Waals surface area contributed by atoms with E-state index >= 15 is 0 Å². The van der Waals surface area contributed by atoms with E-state index in [1.54, 1.807) is 0 Å². The van der Waals surface area contributed by atoms with Crippen LogP contribution in [0.4, 0.5) is 5.95 Å². The summed E-state index contributed by atoms with van der Waals surface area (Å²) in [5.74, 6) is 0.679. The molecule has 1 fully saturated rings. The zero-order valence-electron chi connectivity index (χ0n) is 15.7. The number of anilines is 1. The lowest BCUT2D eigenvalue weighted by atomic mass is 10.0. The van der Waals surface area contributed by atoms with Crippen LogP contribution in [0.25, 0.3) is 10.9 Å². The van der Waals surface area contributed by atoms with Crippen LogP contribution in [0.15, 0.2) is 41.3 Å². The molecule has 0 radical (unpaired) electrons. The number of H-pyrrole nitrogens is 1. The second-order valence-corrected chi connectivity index (χ2v) is 7.37. The van der Waals surface area contributed by atoms with E-state index in [1.807, 2.05) is 12.3 Å². The number of hydrogen-bond donors (Lipinski definition) is 1. The molecule has 3 aromatic rings. The maximum atomic E-state index is 12.7. The van der Waals surface area contributed by atoms with Crippen molar-refractivity contribution in [2.45, 2.75) is 19.5 Å². The van der Waals surface area contributed by atoms with Gasteiger partial charge in [0, 0.05) is 50.7 Å². The van der Waals surface area contributed by atoms with Gasteiger partial charge in [0.15, 0.2) is 0 Å². The fourth-order valence-electron chi connectivity index (χ4n) is 4.06. The normalized spacial score (nSPS) is 17.6. The van der Waals surface area contributed by atoms with Crippen molar-refractivity contribution in [3.63, 3.8) is 0 Å². The fourth-order valence-corrected chi connectivity index (χ4v) is 4.06. The van der Waals surface area contributed by atoms with E-state index in [0.29, 0.717) is 25.7 Å². The SMILES string of the molecule is O=c1[nH]c(N2CCOCC2)nc2c1CN(Cc1cccc3cccnc13)CC2. The van der Waals surface area contributed by atoms with E-state index < -0.39 is 0 Å². The van der Waals surface area contributed by atoms with Crippen molar-refractivity contribution in [1.82, 2.24) is 19.9 Å². The summed E-state index contributed by atoms with van der Waals surface area (Å²) < 4.78 is 5.39. The van der Waals surface area contributed by atoms with Gasteiger partial charge in [-0.3, -0.25) is 19.7 Å². The van der Waals surface area contributed by atoms with Crippen LogP contribution in [-0.4, -0.2) is 52.7 Å². The molecule has 1 saturated heterocycles. The minimum absolute atomic E-state index is 0.0211. The van der Waals surface area contributed by atoms with Gasteiger partial charge in [-0.25, -0.2) is 4.98 Å². The molecule has 144 valence electrons. The average Bonchev–Trinajstić information content (AvgIpc) is 2.75. The highest BCUT2D eigenvalue weighted by molar-refractivity contribution is 5.81. The molecule has 1 N–H and O–H groups in total. The molecule has 1 aromatic carbocycles. The van der Waals surface area contributed by atoms with Crippen LogP contribution < -0.4 is 10.5 Å².